The van der Waals surface area contributed by atoms with Crippen LogP contribution in [0.4, 0.5) is 0 Å². The molecular weight excluding hydrogens is 184 g/mol. The zero-order valence-corrected chi connectivity index (χ0v) is 7.50. The molecule has 0 bridgehead atoms. The van der Waals surface area contributed by atoms with E-state index in [1.807, 2.05) is 0 Å². The molecule has 0 spiro atoms. The molecule has 0 aromatic heterocycles. The van der Waals surface area contributed by atoms with E-state index in [1.54, 1.807) is 0 Å². The van der Waals surface area contributed by atoms with Crippen molar-refractivity contribution in [3.8, 4) is 0 Å². The standard InChI is InChI=1S/C3H8O4S.C3H6O/c4-2-1-3-8(5,6)7;1-2-3-4/h4H,1-3H2,(H,5,6,7);2,4H,1,3H2. The molecular formula is C6H14O5S. The Kier molecular flexibility index (Phi) is 10.2. The van der Waals surface area contributed by atoms with E-state index in [9.17, 15) is 8.42 Å². The third-order valence-electron chi connectivity index (χ3n) is 0.690. The number of hydrogen-bond donors (Lipinski definition) is 3. The molecule has 74 valence electrons. The van der Waals surface area contributed by atoms with Crippen molar-refractivity contribution in [3.63, 3.8) is 0 Å². The van der Waals surface area contributed by atoms with E-state index in [1.165, 1.54) is 6.08 Å². The lowest BCUT2D eigenvalue weighted by Gasteiger charge is -1.89. The fourth-order valence-corrected chi connectivity index (χ4v) is 0.741. The number of aliphatic hydroxyl groups is 2. The first-order valence-electron chi connectivity index (χ1n) is 3.25. The van der Waals surface area contributed by atoms with Crippen LogP contribution in [0, 0.1) is 0 Å². The van der Waals surface area contributed by atoms with Crippen LogP contribution in [0.3, 0.4) is 0 Å². The molecule has 5 nitrogen and oxygen atoms in total. The van der Waals surface area contributed by atoms with Crippen molar-refractivity contribution in [1.29, 1.82) is 0 Å². The molecule has 0 aromatic carbocycles. The largest absolute Gasteiger partial charge is 0.396 e. The lowest BCUT2D eigenvalue weighted by Crippen LogP contribution is -2.04. The summed E-state index contributed by atoms with van der Waals surface area (Å²) in [5.41, 5.74) is 0. The van der Waals surface area contributed by atoms with Crippen LogP contribution in [-0.4, -0.2) is 42.2 Å². The van der Waals surface area contributed by atoms with Gasteiger partial charge < -0.3 is 10.2 Å². The molecule has 0 saturated heterocycles. The van der Waals surface area contributed by atoms with Gasteiger partial charge in [-0.05, 0) is 6.42 Å². The second-order valence-electron chi connectivity index (χ2n) is 1.83. The van der Waals surface area contributed by atoms with Crippen LogP contribution in [0.1, 0.15) is 6.42 Å². The van der Waals surface area contributed by atoms with Gasteiger partial charge in [0.15, 0.2) is 0 Å². The van der Waals surface area contributed by atoms with Gasteiger partial charge in [-0.1, -0.05) is 6.08 Å². The second kappa shape index (κ2) is 8.66. The Morgan fingerprint density at radius 2 is 1.75 bits per heavy atom. The summed E-state index contributed by atoms with van der Waals surface area (Å²) in [5, 5.41) is 15.8. The van der Waals surface area contributed by atoms with Crippen LogP contribution in [0.5, 0.6) is 0 Å². The first kappa shape index (κ1) is 14.1. The van der Waals surface area contributed by atoms with Crippen molar-refractivity contribution in [2.45, 2.75) is 6.42 Å². The quantitative estimate of drug-likeness (QED) is 0.415. The van der Waals surface area contributed by atoms with E-state index < -0.39 is 10.1 Å². The number of rotatable bonds is 4. The Morgan fingerprint density at radius 3 is 1.83 bits per heavy atom. The molecule has 0 aliphatic heterocycles. The van der Waals surface area contributed by atoms with Crippen molar-refractivity contribution in [3.05, 3.63) is 12.7 Å². The van der Waals surface area contributed by atoms with Gasteiger partial charge in [-0.15, -0.1) is 6.58 Å². The van der Waals surface area contributed by atoms with E-state index in [-0.39, 0.29) is 25.4 Å². The lowest BCUT2D eigenvalue weighted by molar-refractivity contribution is 0.294. The average molecular weight is 198 g/mol. The van der Waals surface area contributed by atoms with Crippen molar-refractivity contribution in [2.24, 2.45) is 0 Å². The number of aliphatic hydroxyl groups excluding tert-OH is 2. The van der Waals surface area contributed by atoms with Gasteiger partial charge in [-0.25, -0.2) is 0 Å². The lowest BCUT2D eigenvalue weighted by atomic mass is 10.5. The molecule has 0 heterocycles. The molecule has 0 aromatic rings. The van der Waals surface area contributed by atoms with Crippen LogP contribution < -0.4 is 0 Å². The van der Waals surface area contributed by atoms with Crippen molar-refractivity contribution in [1.82, 2.24) is 0 Å². The molecule has 12 heavy (non-hydrogen) atoms. The highest BCUT2D eigenvalue weighted by molar-refractivity contribution is 7.85. The summed E-state index contributed by atoms with van der Waals surface area (Å²) in [7, 11) is -3.85. The Hall–Kier alpha value is -0.430. The van der Waals surface area contributed by atoms with Crippen LogP contribution in [0.15, 0.2) is 12.7 Å². The molecule has 6 heteroatoms. The Morgan fingerprint density at radius 1 is 1.33 bits per heavy atom. The zero-order chi connectivity index (χ0) is 10.0. The molecule has 0 aliphatic carbocycles. The minimum absolute atomic E-state index is 0.0833. The summed E-state index contributed by atoms with van der Waals surface area (Å²) in [6.07, 6.45) is 1.53. The predicted octanol–water partition coefficient (Wildman–Crippen LogP) is -0.579. The van der Waals surface area contributed by atoms with Crippen LogP contribution in [0.2, 0.25) is 0 Å². The number of hydrogen-bond acceptors (Lipinski definition) is 4. The predicted molar refractivity (Wildman–Crippen MR) is 45.4 cm³/mol. The highest BCUT2D eigenvalue weighted by Gasteiger charge is 2.00. The molecule has 0 unspecified atom stereocenters. The fourth-order valence-electron chi connectivity index (χ4n) is 0.247. The first-order valence-corrected chi connectivity index (χ1v) is 4.86. The van der Waals surface area contributed by atoms with E-state index >= 15 is 0 Å². The molecule has 0 fully saturated rings. The summed E-state index contributed by atoms with van der Waals surface area (Å²) in [4.78, 5) is 0. The van der Waals surface area contributed by atoms with Crippen LogP contribution in [0.25, 0.3) is 0 Å². The Balaban J connectivity index is 0. The smallest absolute Gasteiger partial charge is 0.264 e. The van der Waals surface area contributed by atoms with Gasteiger partial charge >= 0.3 is 0 Å². The summed E-state index contributed by atoms with van der Waals surface area (Å²) in [5.74, 6) is -0.358. The molecule has 0 saturated carbocycles. The van der Waals surface area contributed by atoms with Gasteiger partial charge in [0.05, 0.1) is 12.4 Å². The van der Waals surface area contributed by atoms with E-state index in [2.05, 4.69) is 6.58 Å². The van der Waals surface area contributed by atoms with Gasteiger partial charge in [0.2, 0.25) is 0 Å². The van der Waals surface area contributed by atoms with Gasteiger partial charge in [-0.2, -0.15) is 8.42 Å². The van der Waals surface area contributed by atoms with E-state index in [4.69, 9.17) is 14.8 Å². The maximum atomic E-state index is 9.83. The fraction of sp³-hybridized carbons (Fsp3) is 0.667. The summed E-state index contributed by atoms with van der Waals surface area (Å²) in [6, 6.07) is 0. The molecule has 0 atom stereocenters. The maximum Gasteiger partial charge on any atom is 0.264 e. The van der Waals surface area contributed by atoms with Gasteiger partial charge in [0.25, 0.3) is 10.1 Å². The van der Waals surface area contributed by atoms with Gasteiger partial charge in [-0.3, -0.25) is 4.55 Å². The normalized spacial score (nSPS) is 9.92. The van der Waals surface area contributed by atoms with Crippen LogP contribution >= 0.6 is 0 Å². The molecule has 0 amide bonds. The monoisotopic (exact) mass is 198 g/mol. The Labute approximate surface area is 72.1 Å². The highest BCUT2D eigenvalue weighted by Crippen LogP contribution is 1.84. The topological polar surface area (TPSA) is 94.8 Å². The molecule has 0 radical (unpaired) electrons. The second-order valence-corrected chi connectivity index (χ2v) is 3.41. The molecule has 0 rings (SSSR count). The van der Waals surface area contributed by atoms with Crippen LogP contribution in [-0.2, 0) is 10.1 Å². The summed E-state index contributed by atoms with van der Waals surface area (Å²) >= 11 is 0. The van der Waals surface area contributed by atoms with Gasteiger partial charge in [0.1, 0.15) is 0 Å². The maximum absolute atomic E-state index is 9.83. The minimum Gasteiger partial charge on any atom is -0.396 e. The average Bonchev–Trinajstić information content (AvgIpc) is 2.00. The first-order chi connectivity index (χ1) is 5.47. The Bertz CT molecular complexity index is 184. The van der Waals surface area contributed by atoms with E-state index in [0.29, 0.717) is 0 Å². The van der Waals surface area contributed by atoms with Gasteiger partial charge in [0, 0.05) is 6.61 Å². The van der Waals surface area contributed by atoms with E-state index in [0.717, 1.165) is 0 Å². The highest BCUT2D eigenvalue weighted by atomic mass is 32.2. The third-order valence-corrected chi connectivity index (χ3v) is 1.49. The SMILES string of the molecule is C=CCO.O=S(=O)(O)CCCO. The zero-order valence-electron chi connectivity index (χ0n) is 6.68. The third kappa shape index (κ3) is 22.7. The van der Waals surface area contributed by atoms with Crippen molar-refractivity contribution < 1.29 is 23.2 Å². The molecule has 3 N–H and O–H groups in total. The summed E-state index contributed by atoms with van der Waals surface area (Å²) in [6.45, 7) is 3.10. The van der Waals surface area contributed by atoms with Crippen molar-refractivity contribution in [2.75, 3.05) is 19.0 Å². The van der Waals surface area contributed by atoms with Crippen molar-refractivity contribution >= 4 is 10.1 Å². The minimum atomic E-state index is -3.85. The summed E-state index contributed by atoms with van der Waals surface area (Å²) < 4.78 is 27.7. The molecule has 0 aliphatic rings.